The van der Waals surface area contributed by atoms with Crippen molar-refractivity contribution in [1.29, 1.82) is 0 Å². The van der Waals surface area contributed by atoms with Crippen LogP contribution in [0.15, 0.2) is 60.4 Å². The smallest absolute Gasteiger partial charge is 0.344 e. The molecule has 6 nitrogen and oxygen atoms in total. The Hall–Kier alpha value is -3.50. The molecule has 0 spiro atoms. The van der Waals surface area contributed by atoms with Gasteiger partial charge in [0, 0.05) is 43.6 Å². The molecule has 28 heavy (non-hydrogen) atoms. The number of aromatic nitrogens is 1. The summed E-state index contributed by atoms with van der Waals surface area (Å²) in [6.07, 6.45) is 4.70. The van der Waals surface area contributed by atoms with Crippen LogP contribution in [0.4, 0.5) is 5.69 Å². The van der Waals surface area contributed by atoms with E-state index < -0.39 is 5.97 Å². The lowest BCUT2D eigenvalue weighted by Gasteiger charge is -2.11. The molecule has 0 aliphatic heterocycles. The molecule has 2 aromatic rings. The van der Waals surface area contributed by atoms with E-state index in [4.69, 9.17) is 4.74 Å². The van der Waals surface area contributed by atoms with Crippen LogP contribution in [0.5, 0.6) is 0 Å². The van der Waals surface area contributed by atoms with Gasteiger partial charge in [0.25, 0.3) is 11.5 Å². The molecule has 0 saturated heterocycles. The number of ether oxygens (including phenoxy) is 1. The number of esters is 1. The van der Waals surface area contributed by atoms with Crippen LogP contribution in [0.3, 0.4) is 0 Å². The summed E-state index contributed by atoms with van der Waals surface area (Å²) in [6.45, 7) is 3.73. The first-order chi connectivity index (χ1) is 13.4. The van der Waals surface area contributed by atoms with Gasteiger partial charge in [0.05, 0.1) is 12.2 Å². The van der Waals surface area contributed by atoms with Crippen LogP contribution >= 0.6 is 0 Å². The van der Waals surface area contributed by atoms with Gasteiger partial charge in [0.15, 0.2) is 12.4 Å². The van der Waals surface area contributed by atoms with Crippen LogP contribution in [0.25, 0.3) is 11.1 Å². The summed E-state index contributed by atoms with van der Waals surface area (Å²) in [7, 11) is 3.83. The summed E-state index contributed by atoms with van der Waals surface area (Å²) < 4.78 is 6.50. The Balaban J connectivity index is 2.55. The van der Waals surface area contributed by atoms with Crippen molar-refractivity contribution in [2.75, 3.05) is 25.6 Å². The minimum absolute atomic E-state index is 0.143. The Morgan fingerprint density at radius 2 is 1.75 bits per heavy atom. The second kappa shape index (κ2) is 9.44. The van der Waals surface area contributed by atoms with E-state index in [1.54, 1.807) is 36.0 Å². The highest BCUT2D eigenvalue weighted by atomic mass is 16.5. The minimum atomic E-state index is -0.760. The Kier molecular flexibility index (Phi) is 7.02. The fourth-order valence-corrected chi connectivity index (χ4v) is 2.47. The molecule has 0 fully saturated rings. The number of pyridine rings is 1. The number of nitrogens with zero attached hydrogens (tertiary/aromatic N) is 3. The molecular weight excluding hydrogens is 354 g/mol. The Labute approximate surface area is 164 Å². The van der Waals surface area contributed by atoms with E-state index in [1.165, 1.54) is 6.08 Å². The van der Waals surface area contributed by atoms with Gasteiger partial charge in [-0.3, -0.25) is 10.7 Å². The van der Waals surface area contributed by atoms with E-state index in [9.17, 15) is 15.0 Å². The Morgan fingerprint density at radius 3 is 2.25 bits per heavy atom. The number of carbonyl (C=O) groups excluding carboxylic acids is 2. The molecule has 0 atom stereocenters. The van der Waals surface area contributed by atoms with Crippen molar-refractivity contribution in [1.82, 2.24) is 0 Å². The maximum absolute atomic E-state index is 13.1. The van der Waals surface area contributed by atoms with Gasteiger partial charge in [-0.15, -0.1) is 0 Å². The maximum atomic E-state index is 13.1. The standard InChI is InChI=1S/C22H23N3O3/c1-5-28-22(27)18(15-23)14-20(21(26)17-8-6-16(2)7-9-17)25-12-10-19(11-13-25)24(3)4/h6-14H,5H2,1-4H3/b20-14-. The number of Topliss-reactive ketones (excluding diaryl/α,β-unsaturated/α-hetero) is 1. The van der Waals surface area contributed by atoms with Gasteiger partial charge in [0.2, 0.25) is 0 Å². The third-order valence-electron chi connectivity index (χ3n) is 4.05. The lowest BCUT2D eigenvalue weighted by molar-refractivity contribution is -0.576. The van der Waals surface area contributed by atoms with Gasteiger partial charge in [-0.2, -0.15) is 4.57 Å². The highest BCUT2D eigenvalue weighted by molar-refractivity contribution is 6.23. The van der Waals surface area contributed by atoms with Crippen LogP contribution in [0, 0.1) is 6.92 Å². The van der Waals surface area contributed by atoms with Gasteiger partial charge in [0.1, 0.15) is 0 Å². The summed E-state index contributed by atoms with van der Waals surface area (Å²) in [5, 5.41) is 9.36. The van der Waals surface area contributed by atoms with Crippen molar-refractivity contribution in [2.24, 2.45) is 0 Å². The third-order valence-corrected chi connectivity index (χ3v) is 4.05. The second-order valence-corrected chi connectivity index (χ2v) is 6.33. The first-order valence-corrected chi connectivity index (χ1v) is 8.83. The molecule has 1 aromatic carbocycles. The average molecular weight is 377 g/mol. The van der Waals surface area contributed by atoms with E-state index in [0.29, 0.717) is 5.56 Å². The molecule has 2 rings (SSSR count). The number of carbonyl (C=O) groups is 2. The second-order valence-electron chi connectivity index (χ2n) is 6.33. The first kappa shape index (κ1) is 20.8. The number of hydrogen-bond donors (Lipinski definition) is 0. The van der Waals surface area contributed by atoms with Crippen molar-refractivity contribution >= 4 is 29.0 Å². The van der Waals surface area contributed by atoms with Crippen molar-refractivity contribution in [3.63, 3.8) is 0 Å². The number of benzene rings is 1. The van der Waals surface area contributed by atoms with E-state index >= 15 is 0 Å². The van der Waals surface area contributed by atoms with Gasteiger partial charge in [-0.05, 0) is 13.8 Å². The van der Waals surface area contributed by atoms with E-state index in [-0.39, 0.29) is 23.7 Å². The molecule has 0 aliphatic carbocycles. The third kappa shape index (κ3) is 5.02. The molecule has 0 saturated carbocycles. The number of allylic oxidation sites excluding steroid dienone is 1. The quantitative estimate of drug-likeness (QED) is 0.186. The zero-order chi connectivity index (χ0) is 20.7. The van der Waals surface area contributed by atoms with E-state index in [0.717, 1.165) is 11.3 Å². The zero-order valence-corrected chi connectivity index (χ0v) is 16.5. The summed E-state index contributed by atoms with van der Waals surface area (Å²) in [5.74, 6) is 0.758. The Morgan fingerprint density at radius 1 is 1.14 bits per heavy atom. The van der Waals surface area contributed by atoms with Crippen molar-refractivity contribution < 1.29 is 18.9 Å². The monoisotopic (exact) mass is 377 g/mol. The zero-order valence-electron chi connectivity index (χ0n) is 16.5. The lowest BCUT2D eigenvalue weighted by atomic mass is 10.0. The van der Waals surface area contributed by atoms with Gasteiger partial charge in [-0.25, -0.2) is 4.79 Å². The highest BCUT2D eigenvalue weighted by Gasteiger charge is 2.24. The van der Waals surface area contributed by atoms with Crippen LogP contribution in [0.1, 0.15) is 22.8 Å². The topological polar surface area (TPSA) is 72.8 Å². The molecule has 144 valence electrons. The number of hydrogen-bond acceptors (Lipinski definition) is 4. The largest absolute Gasteiger partial charge is 0.763 e. The predicted octanol–water partition coefficient (Wildman–Crippen LogP) is 2.80. The van der Waals surface area contributed by atoms with Gasteiger partial charge in [-0.1, -0.05) is 29.8 Å². The molecule has 0 amide bonds. The normalized spacial score (nSPS) is 10.8. The minimum Gasteiger partial charge on any atom is -0.763 e. The van der Waals surface area contributed by atoms with Crippen molar-refractivity contribution in [3.05, 3.63) is 77.0 Å². The fourth-order valence-electron chi connectivity index (χ4n) is 2.47. The van der Waals surface area contributed by atoms with Crippen molar-refractivity contribution in [3.8, 4) is 0 Å². The summed E-state index contributed by atoms with van der Waals surface area (Å²) in [4.78, 5) is 27.1. The van der Waals surface area contributed by atoms with Crippen LogP contribution in [0.2, 0.25) is 0 Å². The highest BCUT2D eigenvalue weighted by Crippen LogP contribution is 2.14. The molecule has 0 unspecified atom stereocenters. The van der Waals surface area contributed by atoms with Gasteiger partial charge >= 0.3 is 5.97 Å². The molecule has 0 N–H and O–H groups in total. The van der Waals surface area contributed by atoms with E-state index in [1.807, 2.05) is 56.1 Å². The summed E-state index contributed by atoms with van der Waals surface area (Å²) >= 11 is 0. The lowest BCUT2D eigenvalue weighted by Crippen LogP contribution is -2.36. The molecule has 0 bridgehead atoms. The maximum Gasteiger partial charge on any atom is 0.344 e. The van der Waals surface area contributed by atoms with Gasteiger partial charge < -0.3 is 15.0 Å². The summed E-state index contributed by atoms with van der Waals surface area (Å²) in [5.41, 5.74) is 2.39. The molecule has 6 heteroatoms. The Bertz CT molecular complexity index is 936. The first-order valence-electron chi connectivity index (χ1n) is 8.83. The van der Waals surface area contributed by atoms with Crippen LogP contribution in [-0.4, -0.2) is 38.3 Å². The molecule has 1 aromatic heterocycles. The average Bonchev–Trinajstić information content (AvgIpc) is 2.69. The molecular formula is C22H23N3O3. The predicted molar refractivity (Wildman–Crippen MR) is 109 cm³/mol. The summed E-state index contributed by atoms with van der Waals surface area (Å²) in [6, 6.07) is 10.8. The molecule has 0 aliphatic rings. The number of rotatable bonds is 7. The number of anilines is 1. The van der Waals surface area contributed by atoms with E-state index in [2.05, 4.69) is 0 Å². The van der Waals surface area contributed by atoms with Crippen LogP contribution < -0.4 is 9.47 Å². The SMILES string of the molecule is CCOC(=O)C(=C=[N-])/C=C(/C(=O)c1ccc(C)cc1)[n+]1ccc(N(C)C)cc1. The van der Waals surface area contributed by atoms with Crippen LogP contribution in [-0.2, 0) is 9.53 Å². The molecule has 0 radical (unpaired) electrons. The number of aryl methyl sites for hydroxylation is 1. The molecule has 1 heterocycles. The fraction of sp³-hybridized carbons (Fsp3) is 0.227. The van der Waals surface area contributed by atoms with Crippen molar-refractivity contribution in [2.45, 2.75) is 13.8 Å². The number of ketones is 1.